The molecule has 0 aromatic heterocycles. The van der Waals surface area contributed by atoms with E-state index in [0.717, 1.165) is 44.9 Å². The standard InChI is InChI=1S/C27H54N2O2S/c1-4-7-10-13-16-17-20-23-27(26-28)32(30,31)29(24-21-18-14-11-8-5-2)25-22-19-15-12-9-6-3/h27H,4-25H2,1-3H3. The van der Waals surface area contributed by atoms with Gasteiger partial charge in [-0.2, -0.15) is 5.26 Å². The third-order valence-electron chi connectivity index (χ3n) is 6.46. The fraction of sp³-hybridized carbons (Fsp3) is 0.963. The first kappa shape index (κ1) is 31.4. The van der Waals surface area contributed by atoms with Gasteiger partial charge in [0, 0.05) is 13.1 Å². The minimum atomic E-state index is -3.54. The molecule has 0 radical (unpaired) electrons. The third-order valence-corrected chi connectivity index (χ3v) is 8.60. The maximum Gasteiger partial charge on any atom is 0.230 e. The maximum absolute atomic E-state index is 13.3. The van der Waals surface area contributed by atoms with Crippen LogP contribution in [0, 0.1) is 11.3 Å². The highest BCUT2D eigenvalue weighted by Crippen LogP contribution is 2.19. The van der Waals surface area contributed by atoms with Gasteiger partial charge in [-0.1, -0.05) is 130 Å². The minimum Gasteiger partial charge on any atom is -0.211 e. The lowest BCUT2D eigenvalue weighted by molar-refractivity contribution is 0.379. The summed E-state index contributed by atoms with van der Waals surface area (Å²) in [6, 6.07) is 2.14. The quantitative estimate of drug-likeness (QED) is 0.133. The van der Waals surface area contributed by atoms with Crippen LogP contribution in [0.4, 0.5) is 0 Å². The smallest absolute Gasteiger partial charge is 0.211 e. The van der Waals surface area contributed by atoms with E-state index in [9.17, 15) is 13.7 Å². The van der Waals surface area contributed by atoms with Crippen molar-refractivity contribution in [2.24, 2.45) is 0 Å². The normalized spacial score (nSPS) is 12.8. The van der Waals surface area contributed by atoms with E-state index in [-0.39, 0.29) is 0 Å². The van der Waals surface area contributed by atoms with Crippen LogP contribution < -0.4 is 0 Å². The molecule has 0 aromatic carbocycles. The molecule has 4 nitrogen and oxygen atoms in total. The van der Waals surface area contributed by atoms with Crippen LogP contribution >= 0.6 is 0 Å². The summed E-state index contributed by atoms with van der Waals surface area (Å²) in [7, 11) is -3.54. The number of sulfonamides is 1. The zero-order valence-corrected chi connectivity index (χ0v) is 22.6. The Morgan fingerprint density at radius 3 is 1.31 bits per heavy atom. The summed E-state index contributed by atoms with van der Waals surface area (Å²) in [5.41, 5.74) is 0. The molecule has 0 aromatic rings. The summed E-state index contributed by atoms with van der Waals surface area (Å²) < 4.78 is 28.3. The molecule has 0 rings (SSSR count). The predicted octanol–water partition coefficient (Wildman–Crippen LogP) is 8.37. The van der Waals surface area contributed by atoms with Gasteiger partial charge in [-0.25, -0.2) is 12.7 Å². The van der Waals surface area contributed by atoms with E-state index in [0.29, 0.717) is 19.5 Å². The Morgan fingerprint density at radius 1 is 0.594 bits per heavy atom. The van der Waals surface area contributed by atoms with Crippen molar-refractivity contribution >= 4 is 10.0 Å². The van der Waals surface area contributed by atoms with Crippen LogP contribution in [0.3, 0.4) is 0 Å². The van der Waals surface area contributed by atoms with Crippen molar-refractivity contribution in [2.45, 2.75) is 154 Å². The molecular formula is C27H54N2O2S. The second-order valence-corrected chi connectivity index (χ2v) is 11.6. The molecule has 0 saturated carbocycles. The second kappa shape index (κ2) is 22.2. The highest BCUT2D eigenvalue weighted by atomic mass is 32.2. The largest absolute Gasteiger partial charge is 0.230 e. The monoisotopic (exact) mass is 470 g/mol. The molecule has 0 aliphatic heterocycles. The summed E-state index contributed by atoms with van der Waals surface area (Å²) in [5, 5.41) is 8.79. The Balaban J connectivity index is 4.66. The molecule has 0 fully saturated rings. The number of nitrogens with zero attached hydrogens (tertiary/aromatic N) is 2. The molecule has 32 heavy (non-hydrogen) atoms. The van der Waals surface area contributed by atoms with E-state index in [1.807, 2.05) is 0 Å². The van der Waals surface area contributed by atoms with E-state index in [1.165, 1.54) is 77.0 Å². The Hall–Kier alpha value is -0.600. The lowest BCUT2D eigenvalue weighted by Gasteiger charge is -2.25. The van der Waals surface area contributed by atoms with Gasteiger partial charge in [0.15, 0.2) is 5.25 Å². The van der Waals surface area contributed by atoms with Crippen molar-refractivity contribution in [2.75, 3.05) is 13.1 Å². The van der Waals surface area contributed by atoms with E-state index >= 15 is 0 Å². The summed E-state index contributed by atoms with van der Waals surface area (Å²) in [5.74, 6) is 0. The van der Waals surface area contributed by atoms with Crippen LogP contribution in [0.25, 0.3) is 0 Å². The molecule has 0 N–H and O–H groups in total. The highest BCUT2D eigenvalue weighted by Gasteiger charge is 2.31. The van der Waals surface area contributed by atoms with Gasteiger partial charge in [0.25, 0.3) is 0 Å². The first-order valence-electron chi connectivity index (χ1n) is 13.9. The second-order valence-electron chi connectivity index (χ2n) is 9.51. The lowest BCUT2D eigenvalue weighted by atomic mass is 10.1. The van der Waals surface area contributed by atoms with E-state index in [4.69, 9.17) is 0 Å². The zero-order valence-electron chi connectivity index (χ0n) is 21.8. The van der Waals surface area contributed by atoms with Gasteiger partial charge in [0.05, 0.1) is 6.07 Å². The SMILES string of the molecule is CCCCCCCCCC(C#N)S(=O)(=O)N(CCCCCCCC)CCCCCCCC. The third kappa shape index (κ3) is 16.1. The Bertz CT molecular complexity index is 526. The van der Waals surface area contributed by atoms with Crippen LogP contribution in [-0.4, -0.2) is 31.1 Å². The van der Waals surface area contributed by atoms with Crippen LogP contribution in [0.15, 0.2) is 0 Å². The molecule has 190 valence electrons. The average molecular weight is 471 g/mol. The maximum atomic E-state index is 13.3. The van der Waals surface area contributed by atoms with Gasteiger partial charge < -0.3 is 0 Å². The molecule has 0 bridgehead atoms. The van der Waals surface area contributed by atoms with Crippen LogP contribution in [0.1, 0.15) is 149 Å². The summed E-state index contributed by atoms with van der Waals surface area (Å²) in [6.45, 7) is 7.80. The highest BCUT2D eigenvalue weighted by molar-refractivity contribution is 7.90. The molecule has 0 spiro atoms. The van der Waals surface area contributed by atoms with Gasteiger partial charge >= 0.3 is 0 Å². The van der Waals surface area contributed by atoms with Crippen molar-refractivity contribution in [3.8, 4) is 6.07 Å². The Morgan fingerprint density at radius 2 is 0.938 bits per heavy atom. The Kier molecular flexibility index (Phi) is 21.8. The van der Waals surface area contributed by atoms with Gasteiger partial charge in [-0.3, -0.25) is 0 Å². The molecule has 0 saturated heterocycles. The fourth-order valence-corrected chi connectivity index (χ4v) is 5.97. The van der Waals surface area contributed by atoms with Crippen LogP contribution in [0.2, 0.25) is 0 Å². The lowest BCUT2D eigenvalue weighted by Crippen LogP contribution is -2.39. The van der Waals surface area contributed by atoms with Crippen molar-refractivity contribution < 1.29 is 8.42 Å². The summed E-state index contributed by atoms with van der Waals surface area (Å²) >= 11 is 0. The van der Waals surface area contributed by atoms with Crippen molar-refractivity contribution in [1.29, 1.82) is 5.26 Å². The van der Waals surface area contributed by atoms with Crippen molar-refractivity contribution in [3.05, 3.63) is 0 Å². The van der Waals surface area contributed by atoms with Crippen molar-refractivity contribution in [1.82, 2.24) is 4.31 Å². The predicted molar refractivity (Wildman–Crippen MR) is 139 cm³/mol. The number of rotatable bonds is 24. The molecule has 1 unspecified atom stereocenters. The molecule has 0 heterocycles. The van der Waals surface area contributed by atoms with Crippen molar-refractivity contribution in [3.63, 3.8) is 0 Å². The minimum absolute atomic E-state index is 0.482. The van der Waals surface area contributed by atoms with E-state index < -0.39 is 15.3 Å². The van der Waals surface area contributed by atoms with Gasteiger partial charge in [-0.05, 0) is 19.3 Å². The number of unbranched alkanes of at least 4 members (excludes halogenated alkanes) is 16. The number of hydrogen-bond donors (Lipinski definition) is 0. The first-order chi connectivity index (χ1) is 15.5. The molecule has 1 atom stereocenters. The molecule has 0 aliphatic carbocycles. The number of nitriles is 1. The average Bonchev–Trinajstić information content (AvgIpc) is 2.78. The molecule has 5 heteroatoms. The van der Waals surface area contributed by atoms with Crippen LogP contribution in [0.5, 0.6) is 0 Å². The topological polar surface area (TPSA) is 61.2 Å². The number of hydrogen-bond acceptors (Lipinski definition) is 3. The molecule has 0 aliphatic rings. The summed E-state index contributed by atoms with van der Waals surface area (Å²) in [6.07, 6.45) is 22.3. The van der Waals surface area contributed by atoms with Crippen LogP contribution in [-0.2, 0) is 10.0 Å². The van der Waals surface area contributed by atoms with E-state index in [1.54, 1.807) is 4.31 Å². The zero-order chi connectivity index (χ0) is 23.9. The van der Waals surface area contributed by atoms with Gasteiger partial charge in [-0.15, -0.1) is 0 Å². The van der Waals surface area contributed by atoms with Gasteiger partial charge in [0.1, 0.15) is 0 Å². The van der Waals surface area contributed by atoms with E-state index in [2.05, 4.69) is 26.8 Å². The molecular weight excluding hydrogens is 416 g/mol. The van der Waals surface area contributed by atoms with Gasteiger partial charge in [0.2, 0.25) is 10.0 Å². The fourth-order valence-electron chi connectivity index (χ4n) is 4.25. The molecule has 0 amide bonds. The first-order valence-corrected chi connectivity index (χ1v) is 15.4. The Labute approximate surface area is 201 Å². The summed E-state index contributed by atoms with van der Waals surface area (Å²) in [4.78, 5) is 0.